The van der Waals surface area contributed by atoms with Crippen molar-refractivity contribution in [1.29, 1.82) is 0 Å². The molecular formula is C22H12ClNO6S2. The fraction of sp³-hybridized carbons (Fsp3) is 0.0455. The highest BCUT2D eigenvalue weighted by molar-refractivity contribution is 8.27. The van der Waals surface area contributed by atoms with Gasteiger partial charge < -0.3 is 19.0 Å². The third kappa shape index (κ3) is 3.64. The maximum absolute atomic E-state index is 13.0. The summed E-state index contributed by atoms with van der Waals surface area (Å²) in [5, 5.41) is 9.56. The number of rotatable bonds is 4. The number of carbonyl (C=O) groups is 2. The van der Waals surface area contributed by atoms with E-state index in [4.69, 9.17) is 37.7 Å². The molecule has 0 bridgehead atoms. The van der Waals surface area contributed by atoms with Crippen molar-refractivity contribution in [1.82, 2.24) is 0 Å². The first-order chi connectivity index (χ1) is 15.4. The summed E-state index contributed by atoms with van der Waals surface area (Å²) in [7, 11) is 0. The molecule has 7 nitrogen and oxygen atoms in total. The van der Waals surface area contributed by atoms with Gasteiger partial charge in [-0.25, -0.2) is 4.79 Å². The number of furan rings is 1. The zero-order chi connectivity index (χ0) is 22.4. The number of hydrogen-bond acceptors (Lipinski definition) is 7. The van der Waals surface area contributed by atoms with E-state index in [0.29, 0.717) is 48.5 Å². The van der Waals surface area contributed by atoms with Gasteiger partial charge in [-0.05, 0) is 42.5 Å². The first kappa shape index (κ1) is 20.6. The highest BCUT2D eigenvalue weighted by Crippen LogP contribution is 2.41. The molecule has 0 spiro atoms. The van der Waals surface area contributed by atoms with E-state index in [9.17, 15) is 14.7 Å². The molecule has 3 heterocycles. The molecule has 1 aromatic heterocycles. The number of thioether (sulfide) groups is 1. The third-order valence-corrected chi connectivity index (χ3v) is 6.42. The summed E-state index contributed by atoms with van der Waals surface area (Å²) < 4.78 is 16.9. The second-order valence-corrected chi connectivity index (χ2v) is 8.84. The Hall–Kier alpha value is -3.27. The topological polar surface area (TPSA) is 89.2 Å². The van der Waals surface area contributed by atoms with Crippen LogP contribution in [0.25, 0.3) is 17.4 Å². The predicted molar refractivity (Wildman–Crippen MR) is 124 cm³/mol. The van der Waals surface area contributed by atoms with Crippen LogP contribution in [-0.2, 0) is 4.79 Å². The first-order valence-corrected chi connectivity index (χ1v) is 10.8. The monoisotopic (exact) mass is 485 g/mol. The molecule has 0 atom stereocenters. The van der Waals surface area contributed by atoms with Crippen LogP contribution < -0.4 is 14.4 Å². The third-order valence-electron chi connectivity index (χ3n) is 4.79. The fourth-order valence-electron chi connectivity index (χ4n) is 3.27. The van der Waals surface area contributed by atoms with Gasteiger partial charge in [0.25, 0.3) is 5.91 Å². The molecule has 2 aliphatic rings. The van der Waals surface area contributed by atoms with Crippen molar-refractivity contribution in [3.8, 4) is 22.8 Å². The highest BCUT2D eigenvalue weighted by atomic mass is 35.5. The Morgan fingerprint density at radius 2 is 1.94 bits per heavy atom. The summed E-state index contributed by atoms with van der Waals surface area (Å²) >= 11 is 12.8. The van der Waals surface area contributed by atoms with Gasteiger partial charge in [-0.1, -0.05) is 35.6 Å². The number of amides is 1. The van der Waals surface area contributed by atoms with Crippen LogP contribution in [0.3, 0.4) is 0 Å². The van der Waals surface area contributed by atoms with Crippen LogP contribution in [0.1, 0.15) is 16.1 Å². The van der Waals surface area contributed by atoms with E-state index in [1.165, 1.54) is 23.1 Å². The van der Waals surface area contributed by atoms with Crippen LogP contribution in [0.4, 0.5) is 5.69 Å². The Balaban J connectivity index is 1.43. The number of nitrogens with zero attached hydrogens (tertiary/aromatic N) is 1. The van der Waals surface area contributed by atoms with Crippen LogP contribution in [0.2, 0.25) is 5.02 Å². The molecule has 160 valence electrons. The second kappa shape index (κ2) is 8.01. The lowest BCUT2D eigenvalue weighted by molar-refractivity contribution is -0.113. The van der Waals surface area contributed by atoms with E-state index in [1.807, 2.05) is 0 Å². The molecule has 1 N–H and O–H groups in total. The van der Waals surface area contributed by atoms with Crippen molar-refractivity contribution in [3.63, 3.8) is 0 Å². The molecule has 1 fully saturated rings. The van der Waals surface area contributed by atoms with Gasteiger partial charge in [-0.15, -0.1) is 0 Å². The minimum absolute atomic E-state index is 0.0898. The van der Waals surface area contributed by atoms with Crippen molar-refractivity contribution in [2.75, 3.05) is 11.7 Å². The Labute approximate surface area is 196 Å². The Bertz CT molecular complexity index is 1330. The second-order valence-electron chi connectivity index (χ2n) is 6.76. The zero-order valence-electron chi connectivity index (χ0n) is 16.0. The lowest BCUT2D eigenvalue weighted by atomic mass is 10.1. The summed E-state index contributed by atoms with van der Waals surface area (Å²) in [4.78, 5) is 26.1. The van der Waals surface area contributed by atoms with Gasteiger partial charge in [-0.2, -0.15) is 0 Å². The average molecular weight is 486 g/mol. The summed E-state index contributed by atoms with van der Waals surface area (Å²) in [5.74, 6) is 0.600. The lowest BCUT2D eigenvalue weighted by Gasteiger charge is -2.14. The molecule has 0 aliphatic carbocycles. The molecule has 10 heteroatoms. The summed E-state index contributed by atoms with van der Waals surface area (Å²) in [6.45, 7) is 0.136. The van der Waals surface area contributed by atoms with Gasteiger partial charge in [0.05, 0.1) is 21.2 Å². The molecule has 1 saturated heterocycles. The number of carboxylic acids is 1. The van der Waals surface area contributed by atoms with Crippen LogP contribution in [0.15, 0.2) is 57.9 Å². The van der Waals surface area contributed by atoms with E-state index in [2.05, 4.69) is 0 Å². The molecule has 0 saturated carbocycles. The minimum Gasteiger partial charge on any atom is -0.478 e. The number of ether oxygens (including phenoxy) is 2. The van der Waals surface area contributed by atoms with Gasteiger partial charge >= 0.3 is 5.97 Å². The number of carboxylic acid groups (broad SMARTS) is 1. The zero-order valence-corrected chi connectivity index (χ0v) is 18.4. The standard InChI is InChI=1S/C22H12ClNO6S2/c23-15-4-1-11(21(26)27)7-14(15)16-6-3-13(30-16)9-19-20(25)24(22(31)32-19)12-2-5-17-18(8-12)29-10-28-17/h1-9H,10H2,(H,26,27)/b19-9-. The van der Waals surface area contributed by atoms with Gasteiger partial charge in [0, 0.05) is 17.7 Å². The van der Waals surface area contributed by atoms with E-state index in [-0.39, 0.29) is 18.3 Å². The Morgan fingerprint density at radius 3 is 2.75 bits per heavy atom. The number of thiocarbonyl (C=S) groups is 1. The number of halogens is 1. The summed E-state index contributed by atoms with van der Waals surface area (Å²) in [6.07, 6.45) is 1.59. The van der Waals surface area contributed by atoms with Crippen molar-refractivity contribution >= 4 is 63.5 Å². The Kier molecular flexibility index (Phi) is 5.16. The van der Waals surface area contributed by atoms with E-state index in [0.717, 1.165) is 11.8 Å². The van der Waals surface area contributed by atoms with Crippen LogP contribution in [0, 0.1) is 0 Å². The molecule has 2 aliphatic heterocycles. The molecule has 2 aromatic carbocycles. The minimum atomic E-state index is -1.07. The molecule has 0 radical (unpaired) electrons. The first-order valence-electron chi connectivity index (χ1n) is 9.21. The van der Waals surface area contributed by atoms with Gasteiger partial charge in [-0.3, -0.25) is 9.69 Å². The molecule has 32 heavy (non-hydrogen) atoms. The van der Waals surface area contributed by atoms with Crippen molar-refractivity contribution in [2.45, 2.75) is 0 Å². The molecular weight excluding hydrogens is 474 g/mol. The Morgan fingerprint density at radius 1 is 1.12 bits per heavy atom. The molecule has 5 rings (SSSR count). The molecule has 3 aromatic rings. The van der Waals surface area contributed by atoms with E-state index in [1.54, 1.807) is 36.4 Å². The largest absolute Gasteiger partial charge is 0.478 e. The maximum Gasteiger partial charge on any atom is 0.335 e. The van der Waals surface area contributed by atoms with Crippen LogP contribution in [0.5, 0.6) is 11.5 Å². The highest BCUT2D eigenvalue weighted by Gasteiger charge is 2.34. The van der Waals surface area contributed by atoms with Crippen LogP contribution in [-0.4, -0.2) is 28.1 Å². The average Bonchev–Trinajstić information content (AvgIpc) is 3.48. The summed E-state index contributed by atoms with van der Waals surface area (Å²) in [5.41, 5.74) is 1.11. The number of carbonyl (C=O) groups excluding carboxylic acids is 1. The summed E-state index contributed by atoms with van der Waals surface area (Å²) in [6, 6.07) is 12.9. The number of benzene rings is 2. The van der Waals surface area contributed by atoms with Crippen molar-refractivity contribution < 1.29 is 28.6 Å². The number of hydrogen-bond donors (Lipinski definition) is 1. The molecule has 0 unspecified atom stereocenters. The number of aromatic carboxylic acids is 1. The van der Waals surface area contributed by atoms with Gasteiger partial charge in [0.1, 0.15) is 11.5 Å². The van der Waals surface area contributed by atoms with Crippen LogP contribution >= 0.6 is 35.6 Å². The number of anilines is 1. The lowest BCUT2D eigenvalue weighted by Crippen LogP contribution is -2.27. The van der Waals surface area contributed by atoms with E-state index >= 15 is 0 Å². The molecule has 1 amide bonds. The number of fused-ring (bicyclic) bond motifs is 1. The quantitative estimate of drug-likeness (QED) is 0.386. The normalized spacial score (nSPS) is 16.3. The van der Waals surface area contributed by atoms with E-state index < -0.39 is 5.97 Å². The smallest absolute Gasteiger partial charge is 0.335 e. The van der Waals surface area contributed by atoms with Gasteiger partial charge in [0.15, 0.2) is 15.8 Å². The SMILES string of the molecule is O=C(O)c1ccc(Cl)c(-c2ccc(/C=C3\SC(=S)N(c4ccc5c(c4)OCO5)C3=O)o2)c1. The predicted octanol–water partition coefficient (Wildman–Crippen LogP) is 5.43. The maximum atomic E-state index is 13.0. The van der Waals surface area contributed by atoms with Crippen molar-refractivity contribution in [2.24, 2.45) is 0 Å². The van der Waals surface area contributed by atoms with Gasteiger partial charge in [0.2, 0.25) is 6.79 Å². The fourth-order valence-corrected chi connectivity index (χ4v) is 4.76. The van der Waals surface area contributed by atoms with Crippen molar-refractivity contribution in [3.05, 3.63) is 69.8 Å².